The lowest BCUT2D eigenvalue weighted by Gasteiger charge is -2.34. The van der Waals surface area contributed by atoms with Crippen molar-refractivity contribution in [1.29, 1.82) is 0 Å². The second-order valence-corrected chi connectivity index (χ2v) is 6.06. The number of piperidine rings is 1. The number of nitrogens with zero attached hydrogens (tertiary/aromatic N) is 1. The maximum Gasteiger partial charge on any atom is 0.123 e. The first-order valence-corrected chi connectivity index (χ1v) is 8.07. The first kappa shape index (κ1) is 16.2. The third-order valence-corrected chi connectivity index (χ3v) is 4.36. The zero-order valence-electron chi connectivity index (χ0n) is 13.1. The first-order valence-electron chi connectivity index (χ1n) is 8.07. The summed E-state index contributed by atoms with van der Waals surface area (Å²) in [6.45, 7) is 7.65. The third-order valence-electron chi connectivity index (χ3n) is 4.36. The van der Waals surface area contributed by atoms with E-state index in [-0.39, 0.29) is 17.6 Å². The lowest BCUT2D eigenvalue weighted by atomic mass is 10.0. The summed E-state index contributed by atoms with van der Waals surface area (Å²) in [6, 6.07) is 4.55. The van der Waals surface area contributed by atoms with E-state index in [1.54, 1.807) is 0 Å². The second-order valence-electron chi connectivity index (χ2n) is 6.06. The molecule has 1 unspecified atom stereocenters. The molecule has 0 spiro atoms. The summed E-state index contributed by atoms with van der Waals surface area (Å²) in [4.78, 5) is 2.52. The van der Waals surface area contributed by atoms with Crippen LogP contribution in [0.4, 0.5) is 4.39 Å². The molecule has 1 aliphatic heterocycles. The summed E-state index contributed by atoms with van der Waals surface area (Å²) in [5.74, 6) is -0.136. The van der Waals surface area contributed by atoms with Crippen molar-refractivity contribution in [1.82, 2.24) is 10.2 Å². The van der Waals surface area contributed by atoms with Gasteiger partial charge in [0.25, 0.3) is 0 Å². The Morgan fingerprint density at radius 1 is 1.38 bits per heavy atom. The molecule has 1 fully saturated rings. The lowest BCUT2D eigenvalue weighted by Crippen LogP contribution is -2.43. The van der Waals surface area contributed by atoms with Gasteiger partial charge in [0.05, 0.1) is 0 Å². The number of hydrogen-bond acceptors (Lipinski definition) is 3. The fraction of sp³-hybridized carbons (Fsp3) is 0.647. The number of aromatic hydroxyl groups is 1. The average molecular weight is 294 g/mol. The molecule has 0 bridgehead atoms. The minimum atomic E-state index is -0.300. The predicted octanol–water partition coefficient (Wildman–Crippen LogP) is 3.45. The van der Waals surface area contributed by atoms with Crippen LogP contribution < -0.4 is 5.32 Å². The minimum absolute atomic E-state index is 0.0344. The molecular weight excluding hydrogens is 267 g/mol. The van der Waals surface area contributed by atoms with Crippen LogP contribution in [0.2, 0.25) is 0 Å². The molecule has 1 heterocycles. The van der Waals surface area contributed by atoms with E-state index in [2.05, 4.69) is 17.1 Å². The van der Waals surface area contributed by atoms with Gasteiger partial charge in [-0.25, -0.2) is 4.39 Å². The summed E-state index contributed by atoms with van der Waals surface area (Å²) < 4.78 is 13.3. The van der Waals surface area contributed by atoms with Gasteiger partial charge in [0.2, 0.25) is 0 Å². The van der Waals surface area contributed by atoms with Crippen LogP contribution in [0.15, 0.2) is 18.2 Å². The molecule has 21 heavy (non-hydrogen) atoms. The molecule has 1 aromatic rings. The highest BCUT2D eigenvalue weighted by Gasteiger charge is 2.21. The Morgan fingerprint density at radius 2 is 2.10 bits per heavy atom. The first-order chi connectivity index (χ1) is 10.1. The van der Waals surface area contributed by atoms with Crippen LogP contribution in [0, 0.1) is 5.82 Å². The quantitative estimate of drug-likeness (QED) is 0.843. The van der Waals surface area contributed by atoms with Gasteiger partial charge in [0.1, 0.15) is 11.6 Å². The van der Waals surface area contributed by atoms with E-state index >= 15 is 0 Å². The molecule has 0 aliphatic carbocycles. The molecule has 0 amide bonds. The van der Waals surface area contributed by atoms with Crippen molar-refractivity contribution in [3.05, 3.63) is 29.6 Å². The summed E-state index contributed by atoms with van der Waals surface area (Å²) in [5.41, 5.74) is 0.642. The zero-order chi connectivity index (χ0) is 15.2. The van der Waals surface area contributed by atoms with Crippen LogP contribution in [-0.2, 0) is 0 Å². The standard InChI is InChI=1S/C17H27FN2O/c1-3-4-9-20-10-7-15(8-11-20)19-13(2)16-12-14(18)5-6-17(16)21/h5-6,12-13,15,19,21H,3-4,7-11H2,1-2H3. The SMILES string of the molecule is CCCCN1CCC(NC(C)c2cc(F)ccc2O)CC1. The Labute approximate surface area is 127 Å². The molecule has 1 aliphatic rings. The van der Waals surface area contributed by atoms with E-state index < -0.39 is 0 Å². The van der Waals surface area contributed by atoms with Gasteiger partial charge >= 0.3 is 0 Å². The number of benzene rings is 1. The molecule has 1 saturated heterocycles. The topological polar surface area (TPSA) is 35.5 Å². The van der Waals surface area contributed by atoms with E-state index in [1.165, 1.54) is 37.6 Å². The predicted molar refractivity (Wildman–Crippen MR) is 84.0 cm³/mol. The van der Waals surface area contributed by atoms with Gasteiger partial charge in [-0.3, -0.25) is 0 Å². The third kappa shape index (κ3) is 4.68. The van der Waals surface area contributed by atoms with Crippen LogP contribution in [-0.4, -0.2) is 35.7 Å². The number of phenols is 1. The summed E-state index contributed by atoms with van der Waals surface area (Å²) in [7, 11) is 0. The van der Waals surface area contributed by atoms with Crippen LogP contribution in [0.3, 0.4) is 0 Å². The van der Waals surface area contributed by atoms with Crippen molar-refractivity contribution >= 4 is 0 Å². The number of rotatable bonds is 6. The van der Waals surface area contributed by atoms with Crippen molar-refractivity contribution < 1.29 is 9.50 Å². The highest BCUT2D eigenvalue weighted by Crippen LogP contribution is 2.26. The Morgan fingerprint density at radius 3 is 2.76 bits per heavy atom. The Bertz CT molecular complexity index is 444. The molecule has 2 rings (SSSR count). The number of likely N-dealkylation sites (tertiary alicyclic amines) is 1. The Balaban J connectivity index is 1.84. The maximum atomic E-state index is 13.3. The van der Waals surface area contributed by atoms with Crippen molar-refractivity contribution in [2.75, 3.05) is 19.6 Å². The fourth-order valence-corrected chi connectivity index (χ4v) is 3.02. The fourth-order valence-electron chi connectivity index (χ4n) is 3.02. The molecule has 118 valence electrons. The van der Waals surface area contributed by atoms with Gasteiger partial charge in [0, 0.05) is 17.6 Å². The zero-order valence-corrected chi connectivity index (χ0v) is 13.1. The molecule has 0 aromatic heterocycles. The molecule has 0 saturated carbocycles. The van der Waals surface area contributed by atoms with E-state index in [0.29, 0.717) is 11.6 Å². The van der Waals surface area contributed by atoms with Gasteiger partial charge < -0.3 is 15.3 Å². The van der Waals surface area contributed by atoms with Crippen LogP contribution in [0.25, 0.3) is 0 Å². The van der Waals surface area contributed by atoms with Crippen molar-refractivity contribution in [3.63, 3.8) is 0 Å². The Hall–Kier alpha value is -1.13. The highest BCUT2D eigenvalue weighted by molar-refractivity contribution is 5.34. The van der Waals surface area contributed by atoms with Crippen LogP contribution in [0.1, 0.15) is 51.1 Å². The molecule has 3 nitrogen and oxygen atoms in total. The molecule has 2 N–H and O–H groups in total. The van der Waals surface area contributed by atoms with Crippen LogP contribution in [0.5, 0.6) is 5.75 Å². The summed E-state index contributed by atoms with van der Waals surface area (Å²) >= 11 is 0. The number of hydrogen-bond donors (Lipinski definition) is 2. The minimum Gasteiger partial charge on any atom is -0.508 e. The second kappa shape index (κ2) is 7.76. The van der Waals surface area contributed by atoms with E-state index in [4.69, 9.17) is 0 Å². The van der Waals surface area contributed by atoms with E-state index in [9.17, 15) is 9.50 Å². The molecule has 1 atom stereocenters. The normalized spacial score (nSPS) is 18.8. The summed E-state index contributed by atoms with van der Waals surface area (Å²) in [6.07, 6.45) is 4.74. The molecular formula is C17H27FN2O. The highest BCUT2D eigenvalue weighted by atomic mass is 19.1. The van der Waals surface area contributed by atoms with Crippen molar-refractivity contribution in [2.24, 2.45) is 0 Å². The Kier molecular flexibility index (Phi) is 6.00. The van der Waals surface area contributed by atoms with Crippen molar-refractivity contribution in [3.8, 4) is 5.75 Å². The van der Waals surface area contributed by atoms with Gasteiger partial charge in [0.15, 0.2) is 0 Å². The largest absolute Gasteiger partial charge is 0.508 e. The summed E-state index contributed by atoms with van der Waals surface area (Å²) in [5, 5.41) is 13.4. The molecule has 4 heteroatoms. The number of nitrogens with one attached hydrogen (secondary N) is 1. The lowest BCUT2D eigenvalue weighted by molar-refractivity contribution is 0.189. The molecule has 1 aromatic carbocycles. The van der Waals surface area contributed by atoms with E-state index in [0.717, 1.165) is 25.9 Å². The number of phenolic OH excluding ortho intramolecular Hbond substituents is 1. The average Bonchev–Trinajstić information content (AvgIpc) is 2.49. The van der Waals surface area contributed by atoms with Gasteiger partial charge in [-0.15, -0.1) is 0 Å². The smallest absolute Gasteiger partial charge is 0.123 e. The van der Waals surface area contributed by atoms with Crippen molar-refractivity contribution in [2.45, 2.75) is 51.6 Å². The maximum absolute atomic E-state index is 13.3. The van der Waals surface area contributed by atoms with E-state index in [1.807, 2.05) is 6.92 Å². The number of unbranched alkanes of at least 4 members (excludes halogenated alkanes) is 1. The van der Waals surface area contributed by atoms with Gasteiger partial charge in [-0.2, -0.15) is 0 Å². The van der Waals surface area contributed by atoms with Crippen LogP contribution >= 0.6 is 0 Å². The van der Waals surface area contributed by atoms with Gasteiger partial charge in [-0.05, 0) is 64.0 Å². The number of halogens is 1. The molecule has 0 radical (unpaired) electrons. The monoisotopic (exact) mass is 294 g/mol. The van der Waals surface area contributed by atoms with Gasteiger partial charge in [-0.1, -0.05) is 13.3 Å².